The number of aryl methyl sites for hydroxylation is 2. The van der Waals surface area contributed by atoms with Crippen LogP contribution in [0.5, 0.6) is 0 Å². The maximum absolute atomic E-state index is 5.10. The first kappa shape index (κ1) is 19.0. The molecule has 2 aromatic heterocycles. The third-order valence-electron chi connectivity index (χ3n) is 6.36. The van der Waals surface area contributed by atoms with Crippen molar-refractivity contribution in [3.63, 3.8) is 0 Å². The Morgan fingerprint density at radius 2 is 1.53 bits per heavy atom. The van der Waals surface area contributed by atoms with E-state index < -0.39 is 0 Å². The molecule has 5 rings (SSSR count). The maximum atomic E-state index is 5.10. The summed E-state index contributed by atoms with van der Waals surface area (Å²) in [7, 11) is 0. The van der Waals surface area contributed by atoms with Gasteiger partial charge >= 0.3 is 0 Å². The summed E-state index contributed by atoms with van der Waals surface area (Å²) >= 11 is 0. The number of hydrogen-bond donors (Lipinski definition) is 0. The van der Waals surface area contributed by atoms with E-state index in [2.05, 4.69) is 80.6 Å². The summed E-state index contributed by atoms with van der Waals surface area (Å²) in [6.45, 7) is 4.37. The van der Waals surface area contributed by atoms with Crippen molar-refractivity contribution in [2.45, 2.75) is 51.9 Å². The molecule has 0 spiro atoms. The molecule has 30 heavy (non-hydrogen) atoms. The van der Waals surface area contributed by atoms with Gasteiger partial charge in [0.1, 0.15) is 0 Å². The number of hydrogen-bond acceptors (Lipinski definition) is 2. The van der Waals surface area contributed by atoms with Gasteiger partial charge in [0.05, 0.1) is 11.0 Å². The molecule has 0 saturated carbocycles. The zero-order valence-corrected chi connectivity index (χ0v) is 17.9. The summed E-state index contributed by atoms with van der Waals surface area (Å²) in [5.41, 5.74) is 8.30. The fourth-order valence-corrected chi connectivity index (χ4v) is 4.71. The Morgan fingerprint density at radius 1 is 0.833 bits per heavy atom. The molecule has 0 amide bonds. The number of pyridine rings is 2. The van der Waals surface area contributed by atoms with Crippen LogP contribution in [-0.2, 0) is 12.8 Å². The Kier molecular flexibility index (Phi) is 5.08. The molecular formula is C28H28N2. The average Bonchev–Trinajstić information content (AvgIpc) is 2.83. The van der Waals surface area contributed by atoms with Crippen molar-refractivity contribution < 1.29 is 0 Å². The maximum Gasteiger partial charge on any atom is 0.0974 e. The van der Waals surface area contributed by atoms with E-state index in [4.69, 9.17) is 9.97 Å². The third-order valence-corrected chi connectivity index (χ3v) is 6.36. The summed E-state index contributed by atoms with van der Waals surface area (Å²) in [5, 5.41) is 2.45. The van der Waals surface area contributed by atoms with Gasteiger partial charge in [0.25, 0.3) is 0 Å². The Balaban J connectivity index is 1.85. The quantitative estimate of drug-likeness (QED) is 0.267. The van der Waals surface area contributed by atoms with Crippen molar-refractivity contribution in [2.24, 2.45) is 0 Å². The first-order valence-corrected chi connectivity index (χ1v) is 11.3. The first-order valence-electron chi connectivity index (χ1n) is 11.3. The molecular weight excluding hydrogens is 364 g/mol. The van der Waals surface area contributed by atoms with Gasteiger partial charge in [-0.25, -0.2) is 0 Å². The van der Waals surface area contributed by atoms with Gasteiger partial charge in [0.2, 0.25) is 0 Å². The number of aromatic nitrogens is 2. The number of allylic oxidation sites excluding steroid dienone is 2. The van der Waals surface area contributed by atoms with Crippen LogP contribution < -0.4 is 0 Å². The lowest BCUT2D eigenvalue weighted by Gasteiger charge is -2.20. The van der Waals surface area contributed by atoms with Crippen molar-refractivity contribution in [1.29, 1.82) is 0 Å². The lowest BCUT2D eigenvalue weighted by atomic mass is 9.86. The minimum absolute atomic E-state index is 0.481. The second-order valence-corrected chi connectivity index (χ2v) is 8.26. The summed E-state index contributed by atoms with van der Waals surface area (Å²) in [5.74, 6) is 0.481. The molecule has 0 bridgehead atoms. The number of benzene rings is 2. The number of rotatable bonds is 4. The Hall–Kier alpha value is -3.00. The van der Waals surface area contributed by atoms with Crippen LogP contribution in [0.4, 0.5) is 0 Å². The van der Waals surface area contributed by atoms with Gasteiger partial charge in [-0.1, -0.05) is 68.5 Å². The highest BCUT2D eigenvalue weighted by atomic mass is 14.8. The molecule has 2 heteroatoms. The molecule has 0 radical (unpaired) electrons. The monoisotopic (exact) mass is 392 g/mol. The van der Waals surface area contributed by atoms with Crippen LogP contribution in [0.3, 0.4) is 0 Å². The molecule has 1 atom stereocenters. The lowest BCUT2D eigenvalue weighted by Crippen LogP contribution is -2.04. The van der Waals surface area contributed by atoms with Crippen LogP contribution in [0.15, 0.2) is 66.7 Å². The topological polar surface area (TPSA) is 25.8 Å². The largest absolute Gasteiger partial charge is 0.251 e. The highest BCUT2D eigenvalue weighted by Crippen LogP contribution is 2.37. The van der Waals surface area contributed by atoms with E-state index in [1.807, 2.05) is 0 Å². The van der Waals surface area contributed by atoms with Crippen molar-refractivity contribution in [3.05, 3.63) is 83.7 Å². The molecule has 2 heterocycles. The highest BCUT2D eigenvalue weighted by molar-refractivity contribution is 6.09. The van der Waals surface area contributed by atoms with Gasteiger partial charge in [-0.05, 0) is 60.9 Å². The molecule has 1 unspecified atom stereocenters. The van der Waals surface area contributed by atoms with Crippen molar-refractivity contribution in [3.8, 4) is 11.1 Å². The van der Waals surface area contributed by atoms with Crippen molar-refractivity contribution in [2.75, 3.05) is 0 Å². The van der Waals surface area contributed by atoms with E-state index in [-0.39, 0.29) is 0 Å². The molecule has 1 aliphatic rings. The SMILES string of the molecule is CCc1cc(-c2ccccc2)c2ccc3c(C4C=CCCC4)cc(CC)nc3c2n1. The standard InChI is InChI=1S/C28H28N2/c1-3-21-17-25(19-11-7-5-8-12-19)23-15-16-24-26(20-13-9-6-10-14-20)18-22(4-2)30-28(24)27(23)29-21/h5,7-9,11-13,15-18,20H,3-4,6,10,14H2,1-2H3. The molecule has 1 aliphatic carbocycles. The van der Waals surface area contributed by atoms with E-state index >= 15 is 0 Å². The molecule has 2 nitrogen and oxygen atoms in total. The predicted octanol–water partition coefficient (Wildman–Crippen LogP) is 7.40. The van der Waals surface area contributed by atoms with Gasteiger partial charge in [0.15, 0.2) is 0 Å². The second-order valence-electron chi connectivity index (χ2n) is 8.26. The average molecular weight is 393 g/mol. The van der Waals surface area contributed by atoms with Crippen LogP contribution in [0.1, 0.15) is 56.0 Å². The Bertz CT molecular complexity index is 1240. The van der Waals surface area contributed by atoms with Gasteiger partial charge in [-0.15, -0.1) is 0 Å². The normalized spacial score (nSPS) is 16.4. The third kappa shape index (κ3) is 3.31. The van der Waals surface area contributed by atoms with Crippen LogP contribution in [0.2, 0.25) is 0 Å². The van der Waals surface area contributed by atoms with Gasteiger partial charge in [-0.3, -0.25) is 9.97 Å². The molecule has 0 saturated heterocycles. The zero-order valence-electron chi connectivity index (χ0n) is 17.9. The number of fused-ring (bicyclic) bond motifs is 3. The molecule has 4 aromatic rings. The summed E-state index contributed by atoms with van der Waals surface area (Å²) in [6.07, 6.45) is 10.3. The van der Waals surface area contributed by atoms with E-state index in [0.717, 1.165) is 35.3 Å². The number of nitrogens with zero attached hydrogens (tertiary/aromatic N) is 2. The highest BCUT2D eigenvalue weighted by Gasteiger charge is 2.19. The fraction of sp³-hybridized carbons (Fsp3) is 0.286. The van der Waals surface area contributed by atoms with Crippen LogP contribution in [0, 0.1) is 0 Å². The molecule has 0 N–H and O–H groups in total. The smallest absolute Gasteiger partial charge is 0.0974 e. The van der Waals surface area contributed by atoms with Crippen LogP contribution >= 0.6 is 0 Å². The Morgan fingerprint density at radius 3 is 2.23 bits per heavy atom. The van der Waals surface area contributed by atoms with Gasteiger partial charge < -0.3 is 0 Å². The van der Waals surface area contributed by atoms with Crippen LogP contribution in [0.25, 0.3) is 32.9 Å². The molecule has 150 valence electrons. The minimum Gasteiger partial charge on any atom is -0.251 e. The first-order chi connectivity index (χ1) is 14.8. The minimum atomic E-state index is 0.481. The predicted molar refractivity (Wildman–Crippen MR) is 127 cm³/mol. The lowest BCUT2D eigenvalue weighted by molar-refractivity contribution is 0.656. The second kappa shape index (κ2) is 8.02. The summed E-state index contributed by atoms with van der Waals surface area (Å²) in [6, 6.07) is 19.8. The fourth-order valence-electron chi connectivity index (χ4n) is 4.71. The van der Waals surface area contributed by atoms with Gasteiger partial charge in [-0.2, -0.15) is 0 Å². The molecule has 0 fully saturated rings. The van der Waals surface area contributed by atoms with Crippen molar-refractivity contribution in [1.82, 2.24) is 9.97 Å². The van der Waals surface area contributed by atoms with E-state index in [1.165, 1.54) is 46.7 Å². The zero-order chi connectivity index (χ0) is 20.5. The van der Waals surface area contributed by atoms with E-state index in [0.29, 0.717) is 5.92 Å². The summed E-state index contributed by atoms with van der Waals surface area (Å²) in [4.78, 5) is 10.2. The van der Waals surface area contributed by atoms with Crippen LogP contribution in [-0.4, -0.2) is 9.97 Å². The summed E-state index contributed by atoms with van der Waals surface area (Å²) < 4.78 is 0. The molecule has 0 aliphatic heterocycles. The Labute approximate surface area is 178 Å². The van der Waals surface area contributed by atoms with E-state index in [9.17, 15) is 0 Å². The molecule has 2 aromatic carbocycles. The van der Waals surface area contributed by atoms with E-state index in [1.54, 1.807) is 0 Å². The van der Waals surface area contributed by atoms with Gasteiger partial charge in [0, 0.05) is 28.1 Å². The van der Waals surface area contributed by atoms with Crippen molar-refractivity contribution >= 4 is 21.8 Å².